The van der Waals surface area contributed by atoms with Crippen LogP contribution in [-0.4, -0.2) is 66.1 Å². The van der Waals surface area contributed by atoms with Crippen LogP contribution in [0, 0.1) is 0 Å². The van der Waals surface area contributed by atoms with E-state index < -0.39 is 0 Å². The van der Waals surface area contributed by atoms with Gasteiger partial charge in [0.05, 0.1) is 6.04 Å². The van der Waals surface area contributed by atoms with Crippen LogP contribution in [0.3, 0.4) is 0 Å². The maximum Gasteiger partial charge on any atom is 0.237 e. The topological polar surface area (TPSA) is 61.6 Å². The number of carbonyl (C=O) groups is 1. The normalized spacial score (nSPS) is 29.2. The van der Waals surface area contributed by atoms with E-state index in [1.807, 2.05) is 13.8 Å². The minimum Gasteiger partial charge on any atom is -0.353 e. The second-order valence-corrected chi connectivity index (χ2v) is 6.94. The smallest absolute Gasteiger partial charge is 0.237 e. The van der Waals surface area contributed by atoms with Crippen LogP contribution in [0.25, 0.3) is 0 Å². The molecule has 122 valence electrons. The molecule has 5 nitrogen and oxygen atoms in total. The zero-order valence-electron chi connectivity index (χ0n) is 13.8. The average Bonchev–Trinajstić information content (AvgIpc) is 2.81. The number of hydrogen-bond donors (Lipinski definition) is 2. The van der Waals surface area contributed by atoms with Crippen molar-refractivity contribution in [3.8, 4) is 0 Å². The highest BCUT2D eigenvalue weighted by Crippen LogP contribution is 2.26. The Bertz CT molecular complexity index is 339. The highest BCUT2D eigenvalue weighted by Gasteiger charge is 2.39. The molecule has 2 heterocycles. The van der Waals surface area contributed by atoms with E-state index in [1.165, 1.54) is 13.0 Å². The van der Waals surface area contributed by atoms with Gasteiger partial charge >= 0.3 is 0 Å². The molecule has 0 saturated carbocycles. The molecule has 2 rings (SSSR count). The Morgan fingerprint density at radius 2 is 2.00 bits per heavy atom. The third kappa shape index (κ3) is 4.41. The Hall–Kier alpha value is -0.650. The lowest BCUT2D eigenvalue weighted by molar-refractivity contribution is -0.127. The second kappa shape index (κ2) is 7.56. The molecule has 2 aliphatic rings. The van der Waals surface area contributed by atoms with Gasteiger partial charge in [-0.1, -0.05) is 6.92 Å². The number of rotatable bonds is 5. The predicted octanol–water partition coefficient (Wildman–Crippen LogP) is 0.787. The maximum atomic E-state index is 12.4. The number of hydrogen-bond acceptors (Lipinski definition) is 4. The molecular formula is C16H32N4O. The highest BCUT2D eigenvalue weighted by atomic mass is 16.2. The van der Waals surface area contributed by atoms with Crippen molar-refractivity contribution >= 4 is 5.91 Å². The summed E-state index contributed by atoms with van der Waals surface area (Å²) in [6, 6.07) is 0.837. The first-order valence-electron chi connectivity index (χ1n) is 8.55. The Morgan fingerprint density at radius 1 is 1.33 bits per heavy atom. The summed E-state index contributed by atoms with van der Waals surface area (Å²) >= 11 is 0. The second-order valence-electron chi connectivity index (χ2n) is 6.94. The third-order valence-corrected chi connectivity index (χ3v) is 4.67. The van der Waals surface area contributed by atoms with E-state index in [1.54, 1.807) is 0 Å². The first-order valence-corrected chi connectivity index (χ1v) is 8.55. The van der Waals surface area contributed by atoms with Gasteiger partial charge in [-0.15, -0.1) is 0 Å². The van der Waals surface area contributed by atoms with Crippen LogP contribution in [-0.2, 0) is 4.79 Å². The summed E-state index contributed by atoms with van der Waals surface area (Å²) in [6.07, 6.45) is 4.35. The van der Waals surface area contributed by atoms with E-state index in [2.05, 4.69) is 22.0 Å². The molecule has 5 heteroatoms. The number of likely N-dealkylation sites (tertiary alicyclic amines) is 2. The largest absolute Gasteiger partial charge is 0.353 e. The van der Waals surface area contributed by atoms with Gasteiger partial charge in [0, 0.05) is 24.7 Å². The lowest BCUT2D eigenvalue weighted by Crippen LogP contribution is -2.52. The number of nitrogens with zero attached hydrogens (tertiary/aromatic N) is 2. The Labute approximate surface area is 129 Å². The molecule has 1 amide bonds. The average molecular weight is 296 g/mol. The molecule has 0 spiro atoms. The Morgan fingerprint density at radius 3 is 2.57 bits per heavy atom. The first kappa shape index (κ1) is 16.7. The lowest BCUT2D eigenvalue weighted by Gasteiger charge is -2.39. The monoisotopic (exact) mass is 296 g/mol. The van der Waals surface area contributed by atoms with E-state index in [4.69, 9.17) is 5.73 Å². The van der Waals surface area contributed by atoms with Gasteiger partial charge in [0.2, 0.25) is 5.91 Å². The fourth-order valence-electron chi connectivity index (χ4n) is 3.73. The van der Waals surface area contributed by atoms with Gasteiger partial charge in [0.1, 0.15) is 0 Å². The molecule has 0 aromatic heterocycles. The van der Waals surface area contributed by atoms with Gasteiger partial charge in [-0.3, -0.25) is 9.69 Å². The summed E-state index contributed by atoms with van der Waals surface area (Å²) < 4.78 is 0. The van der Waals surface area contributed by atoms with Crippen LogP contribution in [0.1, 0.15) is 46.5 Å². The van der Waals surface area contributed by atoms with Crippen LogP contribution in [0.4, 0.5) is 0 Å². The standard InChI is InChI=1S/C16H32N4O/c1-4-7-19-8-5-14(6-9-19)20-11-13(17)10-15(20)16(21)18-12(2)3/h12-15H,4-11,17H2,1-3H3,(H,18,21)/t13-,15-/m0/s1. The number of nitrogens with two attached hydrogens (primary N) is 1. The maximum absolute atomic E-state index is 12.4. The molecular weight excluding hydrogens is 264 g/mol. The fourth-order valence-corrected chi connectivity index (χ4v) is 3.73. The fraction of sp³-hybridized carbons (Fsp3) is 0.938. The Kier molecular flexibility index (Phi) is 6.02. The van der Waals surface area contributed by atoms with Gasteiger partial charge in [-0.2, -0.15) is 0 Å². The van der Waals surface area contributed by atoms with E-state index in [0.717, 1.165) is 38.9 Å². The summed E-state index contributed by atoms with van der Waals surface area (Å²) in [5, 5.41) is 3.06. The number of nitrogens with one attached hydrogen (secondary N) is 1. The van der Waals surface area contributed by atoms with E-state index in [9.17, 15) is 4.79 Å². The molecule has 0 aromatic carbocycles. The van der Waals surface area contributed by atoms with E-state index in [-0.39, 0.29) is 24.0 Å². The summed E-state index contributed by atoms with van der Waals surface area (Å²) in [5.74, 6) is 0.161. The minimum absolute atomic E-state index is 0.0230. The van der Waals surface area contributed by atoms with Crippen LogP contribution < -0.4 is 11.1 Å². The SMILES string of the molecule is CCCN1CCC(N2C[C@@H](N)C[C@H]2C(=O)NC(C)C)CC1. The van der Waals surface area contributed by atoms with Crippen LogP contribution in [0.2, 0.25) is 0 Å². The van der Waals surface area contributed by atoms with Crippen molar-refractivity contribution in [1.82, 2.24) is 15.1 Å². The van der Waals surface area contributed by atoms with E-state index >= 15 is 0 Å². The van der Waals surface area contributed by atoms with Gasteiger partial charge in [-0.05, 0) is 59.2 Å². The Balaban J connectivity index is 1.92. The molecule has 2 saturated heterocycles. The molecule has 3 N–H and O–H groups in total. The van der Waals surface area contributed by atoms with E-state index in [0.29, 0.717) is 6.04 Å². The predicted molar refractivity (Wildman–Crippen MR) is 86.1 cm³/mol. The van der Waals surface area contributed by atoms with Gasteiger partial charge < -0.3 is 16.0 Å². The quantitative estimate of drug-likeness (QED) is 0.787. The van der Waals surface area contributed by atoms with Crippen LogP contribution in [0.5, 0.6) is 0 Å². The first-order chi connectivity index (χ1) is 10.0. The number of amides is 1. The molecule has 0 aliphatic carbocycles. The van der Waals surface area contributed by atoms with Crippen LogP contribution in [0.15, 0.2) is 0 Å². The van der Waals surface area contributed by atoms with Gasteiger partial charge in [0.25, 0.3) is 0 Å². The molecule has 2 atom stereocenters. The number of carbonyl (C=O) groups excluding carboxylic acids is 1. The van der Waals surface area contributed by atoms with Crippen molar-refractivity contribution in [2.24, 2.45) is 5.73 Å². The van der Waals surface area contributed by atoms with Crippen molar-refractivity contribution in [1.29, 1.82) is 0 Å². The molecule has 0 unspecified atom stereocenters. The summed E-state index contributed by atoms with van der Waals surface area (Å²) in [7, 11) is 0. The van der Waals surface area contributed by atoms with Gasteiger partial charge in [0.15, 0.2) is 0 Å². The highest BCUT2D eigenvalue weighted by molar-refractivity contribution is 5.82. The molecule has 0 bridgehead atoms. The summed E-state index contributed by atoms with van der Waals surface area (Å²) in [6.45, 7) is 10.6. The molecule has 21 heavy (non-hydrogen) atoms. The molecule has 2 aliphatic heterocycles. The molecule has 0 aromatic rings. The lowest BCUT2D eigenvalue weighted by atomic mass is 10.0. The zero-order chi connectivity index (χ0) is 15.4. The van der Waals surface area contributed by atoms with Crippen molar-refractivity contribution < 1.29 is 4.79 Å². The van der Waals surface area contributed by atoms with Crippen molar-refractivity contribution in [2.75, 3.05) is 26.2 Å². The van der Waals surface area contributed by atoms with Gasteiger partial charge in [-0.25, -0.2) is 0 Å². The third-order valence-electron chi connectivity index (χ3n) is 4.67. The van der Waals surface area contributed by atoms with Crippen molar-refractivity contribution in [3.63, 3.8) is 0 Å². The van der Waals surface area contributed by atoms with Crippen LogP contribution >= 0.6 is 0 Å². The zero-order valence-corrected chi connectivity index (χ0v) is 13.8. The van der Waals surface area contributed by atoms with Crippen molar-refractivity contribution in [3.05, 3.63) is 0 Å². The number of piperidine rings is 1. The summed E-state index contributed by atoms with van der Waals surface area (Å²) in [5.41, 5.74) is 6.13. The van der Waals surface area contributed by atoms with Crippen molar-refractivity contribution in [2.45, 2.75) is 70.6 Å². The molecule has 2 fully saturated rings. The minimum atomic E-state index is -0.0230. The summed E-state index contributed by atoms with van der Waals surface area (Å²) in [4.78, 5) is 17.3. The molecule has 0 radical (unpaired) electrons.